The van der Waals surface area contributed by atoms with E-state index in [-0.39, 0.29) is 12.0 Å². The molecule has 1 aromatic heterocycles. The van der Waals surface area contributed by atoms with Crippen LogP contribution in [-0.2, 0) is 4.79 Å². The summed E-state index contributed by atoms with van der Waals surface area (Å²) < 4.78 is 5.86. The molecule has 2 heterocycles. The lowest BCUT2D eigenvalue weighted by molar-refractivity contribution is -0.134. The van der Waals surface area contributed by atoms with E-state index < -0.39 is 0 Å². The maximum absolute atomic E-state index is 12.4. The quantitative estimate of drug-likeness (QED) is 0.856. The first-order valence-corrected chi connectivity index (χ1v) is 7.89. The minimum absolute atomic E-state index is 0.0246. The molecule has 21 heavy (non-hydrogen) atoms. The monoisotopic (exact) mass is 289 g/mol. The van der Waals surface area contributed by atoms with E-state index >= 15 is 0 Å². The fourth-order valence-electron chi connectivity index (χ4n) is 3.35. The van der Waals surface area contributed by atoms with Crippen LogP contribution in [0.5, 0.6) is 6.01 Å². The smallest absolute Gasteiger partial charge is 0.317 e. The standard InChI is InChI=1S/C16H23N3O2/c1-11-9-12(2)18-16(17-11)21-14-7-8-19(10-14)15(20)13-5-3-4-6-13/h9,13-14H,3-8,10H2,1-2H3. The lowest BCUT2D eigenvalue weighted by atomic mass is 10.1. The second-order valence-corrected chi connectivity index (χ2v) is 6.23. The summed E-state index contributed by atoms with van der Waals surface area (Å²) in [7, 11) is 0. The predicted molar refractivity (Wildman–Crippen MR) is 79.1 cm³/mol. The summed E-state index contributed by atoms with van der Waals surface area (Å²) in [6, 6.07) is 2.37. The van der Waals surface area contributed by atoms with Crippen molar-refractivity contribution in [2.75, 3.05) is 13.1 Å². The second-order valence-electron chi connectivity index (χ2n) is 6.23. The highest BCUT2D eigenvalue weighted by molar-refractivity contribution is 5.79. The minimum Gasteiger partial charge on any atom is -0.458 e. The van der Waals surface area contributed by atoms with Gasteiger partial charge in [-0.15, -0.1) is 0 Å². The molecular weight excluding hydrogens is 266 g/mol. The molecule has 1 amide bonds. The van der Waals surface area contributed by atoms with Gasteiger partial charge < -0.3 is 9.64 Å². The van der Waals surface area contributed by atoms with Crippen LogP contribution in [0.4, 0.5) is 0 Å². The Hall–Kier alpha value is -1.65. The summed E-state index contributed by atoms with van der Waals surface area (Å²) in [6.45, 7) is 5.34. The highest BCUT2D eigenvalue weighted by Gasteiger charge is 2.33. The van der Waals surface area contributed by atoms with Gasteiger partial charge in [0.25, 0.3) is 0 Å². The van der Waals surface area contributed by atoms with Gasteiger partial charge in [0, 0.05) is 30.3 Å². The molecule has 5 heteroatoms. The molecule has 1 atom stereocenters. The highest BCUT2D eigenvalue weighted by atomic mass is 16.5. The van der Waals surface area contributed by atoms with Crippen molar-refractivity contribution in [3.8, 4) is 6.01 Å². The SMILES string of the molecule is Cc1cc(C)nc(OC2CCN(C(=O)C3CCCC3)C2)n1. The van der Waals surface area contributed by atoms with Crippen LogP contribution in [0.2, 0.25) is 0 Å². The molecule has 114 valence electrons. The van der Waals surface area contributed by atoms with Gasteiger partial charge in [0.05, 0.1) is 6.54 Å². The number of carbonyl (C=O) groups is 1. The van der Waals surface area contributed by atoms with Crippen LogP contribution in [0, 0.1) is 19.8 Å². The minimum atomic E-state index is 0.0246. The van der Waals surface area contributed by atoms with E-state index in [9.17, 15) is 4.79 Å². The normalized spacial score (nSPS) is 22.8. The zero-order valence-electron chi connectivity index (χ0n) is 12.8. The molecule has 2 fully saturated rings. The molecule has 1 saturated carbocycles. The first-order valence-electron chi connectivity index (χ1n) is 7.89. The Balaban J connectivity index is 1.58. The third-order valence-corrected chi connectivity index (χ3v) is 4.39. The van der Waals surface area contributed by atoms with Crippen LogP contribution < -0.4 is 4.74 Å². The Morgan fingerprint density at radius 2 is 1.86 bits per heavy atom. The van der Waals surface area contributed by atoms with Crippen molar-refractivity contribution < 1.29 is 9.53 Å². The van der Waals surface area contributed by atoms with Crippen molar-refractivity contribution in [3.63, 3.8) is 0 Å². The molecule has 1 saturated heterocycles. The maximum atomic E-state index is 12.4. The zero-order chi connectivity index (χ0) is 14.8. The van der Waals surface area contributed by atoms with Crippen LogP contribution in [0.25, 0.3) is 0 Å². The second kappa shape index (κ2) is 6.00. The van der Waals surface area contributed by atoms with Crippen molar-refractivity contribution >= 4 is 5.91 Å². The summed E-state index contributed by atoms with van der Waals surface area (Å²) in [5.74, 6) is 0.571. The number of nitrogens with zero attached hydrogens (tertiary/aromatic N) is 3. The highest BCUT2D eigenvalue weighted by Crippen LogP contribution is 2.28. The predicted octanol–water partition coefficient (Wildman–Crippen LogP) is 2.26. The van der Waals surface area contributed by atoms with Crippen LogP contribution in [0.3, 0.4) is 0 Å². The number of likely N-dealkylation sites (tertiary alicyclic amines) is 1. The third kappa shape index (κ3) is 3.34. The van der Waals surface area contributed by atoms with Gasteiger partial charge in [0.15, 0.2) is 0 Å². The van der Waals surface area contributed by atoms with Crippen molar-refractivity contribution in [1.82, 2.24) is 14.9 Å². The average molecular weight is 289 g/mol. The van der Waals surface area contributed by atoms with E-state index in [2.05, 4.69) is 9.97 Å². The maximum Gasteiger partial charge on any atom is 0.317 e. The summed E-state index contributed by atoms with van der Waals surface area (Å²) in [5.41, 5.74) is 1.82. The largest absolute Gasteiger partial charge is 0.458 e. The molecule has 5 nitrogen and oxygen atoms in total. The Morgan fingerprint density at radius 3 is 2.52 bits per heavy atom. The van der Waals surface area contributed by atoms with E-state index in [0.29, 0.717) is 18.5 Å². The first kappa shape index (κ1) is 14.3. The number of ether oxygens (including phenoxy) is 1. The first-order chi connectivity index (χ1) is 10.1. The van der Waals surface area contributed by atoms with Gasteiger partial charge in [0.2, 0.25) is 5.91 Å². The zero-order valence-corrected chi connectivity index (χ0v) is 12.8. The van der Waals surface area contributed by atoms with Gasteiger partial charge in [-0.2, -0.15) is 0 Å². The summed E-state index contributed by atoms with van der Waals surface area (Å²) >= 11 is 0. The van der Waals surface area contributed by atoms with Gasteiger partial charge in [-0.05, 0) is 32.8 Å². The number of hydrogen-bond donors (Lipinski definition) is 0. The van der Waals surface area contributed by atoms with E-state index in [1.807, 2.05) is 24.8 Å². The number of amides is 1. The summed E-state index contributed by atoms with van der Waals surface area (Å²) in [4.78, 5) is 23.0. The molecule has 0 N–H and O–H groups in total. The summed E-state index contributed by atoms with van der Waals surface area (Å²) in [6.07, 6.45) is 5.40. The van der Waals surface area contributed by atoms with E-state index in [4.69, 9.17) is 4.74 Å². The van der Waals surface area contributed by atoms with Crippen LogP contribution in [0.15, 0.2) is 6.07 Å². The van der Waals surface area contributed by atoms with Gasteiger partial charge in [-0.1, -0.05) is 12.8 Å². The van der Waals surface area contributed by atoms with E-state index in [1.54, 1.807) is 0 Å². The number of carbonyl (C=O) groups excluding carboxylic acids is 1. The van der Waals surface area contributed by atoms with Crippen LogP contribution >= 0.6 is 0 Å². The van der Waals surface area contributed by atoms with Crippen molar-refractivity contribution in [2.24, 2.45) is 5.92 Å². The van der Waals surface area contributed by atoms with Crippen molar-refractivity contribution in [1.29, 1.82) is 0 Å². The Kier molecular flexibility index (Phi) is 4.08. The molecular formula is C16H23N3O2. The lowest BCUT2D eigenvalue weighted by Crippen LogP contribution is -2.35. The van der Waals surface area contributed by atoms with Gasteiger partial charge in [-0.25, -0.2) is 9.97 Å². The number of aromatic nitrogens is 2. The number of aryl methyl sites for hydroxylation is 2. The molecule has 1 aromatic rings. The van der Waals surface area contributed by atoms with Gasteiger partial charge in [0.1, 0.15) is 6.10 Å². The molecule has 1 aliphatic heterocycles. The van der Waals surface area contributed by atoms with E-state index in [1.165, 1.54) is 12.8 Å². The fourth-order valence-corrected chi connectivity index (χ4v) is 3.35. The summed E-state index contributed by atoms with van der Waals surface area (Å²) in [5, 5.41) is 0. The topological polar surface area (TPSA) is 55.3 Å². The number of rotatable bonds is 3. The Labute approximate surface area is 125 Å². The molecule has 0 spiro atoms. The Morgan fingerprint density at radius 1 is 1.19 bits per heavy atom. The third-order valence-electron chi connectivity index (χ3n) is 4.39. The molecule has 3 rings (SSSR count). The van der Waals surface area contributed by atoms with Crippen LogP contribution in [0.1, 0.15) is 43.5 Å². The van der Waals surface area contributed by atoms with Crippen molar-refractivity contribution in [3.05, 3.63) is 17.5 Å². The van der Waals surface area contributed by atoms with Gasteiger partial charge in [-0.3, -0.25) is 4.79 Å². The lowest BCUT2D eigenvalue weighted by Gasteiger charge is -2.20. The van der Waals surface area contributed by atoms with E-state index in [0.717, 1.165) is 37.2 Å². The van der Waals surface area contributed by atoms with Crippen molar-refractivity contribution in [2.45, 2.75) is 52.1 Å². The molecule has 0 radical (unpaired) electrons. The molecule has 2 aliphatic rings. The molecule has 1 unspecified atom stereocenters. The molecule has 1 aliphatic carbocycles. The average Bonchev–Trinajstić information content (AvgIpc) is 3.07. The van der Waals surface area contributed by atoms with Crippen LogP contribution in [-0.4, -0.2) is 40.0 Å². The molecule has 0 aromatic carbocycles. The fraction of sp³-hybridized carbons (Fsp3) is 0.688. The molecule has 0 bridgehead atoms. The Bertz CT molecular complexity index is 506. The number of hydrogen-bond acceptors (Lipinski definition) is 4. The van der Waals surface area contributed by atoms with Gasteiger partial charge >= 0.3 is 6.01 Å².